The Labute approximate surface area is 238 Å². The van der Waals surface area contributed by atoms with E-state index in [1.165, 1.54) is 0 Å². The zero-order valence-corrected chi connectivity index (χ0v) is 24.4. The van der Waals surface area contributed by atoms with Gasteiger partial charge in [0.25, 0.3) is 0 Å². The summed E-state index contributed by atoms with van der Waals surface area (Å²) >= 11 is 0. The number of rotatable bonds is 9. The van der Waals surface area contributed by atoms with Crippen molar-refractivity contribution in [3.8, 4) is 0 Å². The third kappa shape index (κ3) is 8.24. The van der Waals surface area contributed by atoms with Crippen molar-refractivity contribution in [2.45, 2.75) is 160 Å². The first-order valence-electron chi connectivity index (χ1n) is 15.3. The normalized spacial score (nSPS) is 42.9. The van der Waals surface area contributed by atoms with Gasteiger partial charge >= 0.3 is 0 Å². The van der Waals surface area contributed by atoms with Gasteiger partial charge in [-0.2, -0.15) is 0 Å². The van der Waals surface area contributed by atoms with E-state index in [1.807, 2.05) is 45.9 Å². The van der Waals surface area contributed by atoms with Crippen molar-refractivity contribution in [3.63, 3.8) is 0 Å². The summed E-state index contributed by atoms with van der Waals surface area (Å²) in [5.41, 5.74) is 1.14. The highest BCUT2D eigenvalue weighted by atomic mass is 16.7. The first-order valence-corrected chi connectivity index (χ1v) is 15.3. The summed E-state index contributed by atoms with van der Waals surface area (Å²) in [6, 6.07) is 10.2. The van der Waals surface area contributed by atoms with E-state index < -0.39 is 6.10 Å². The van der Waals surface area contributed by atoms with Crippen LogP contribution in [0.25, 0.3) is 0 Å². The summed E-state index contributed by atoms with van der Waals surface area (Å²) in [6.45, 7) is 8.55. The molecule has 0 amide bonds. The molecule has 0 aliphatic carbocycles. The zero-order valence-electron chi connectivity index (χ0n) is 24.4. The van der Waals surface area contributed by atoms with Crippen LogP contribution in [0.1, 0.15) is 84.6 Å². The Morgan fingerprint density at radius 1 is 0.575 bits per heavy atom. The first-order chi connectivity index (χ1) is 19.3. The van der Waals surface area contributed by atoms with E-state index in [4.69, 9.17) is 37.9 Å². The third-order valence-electron chi connectivity index (χ3n) is 8.60. The van der Waals surface area contributed by atoms with Gasteiger partial charge in [-0.3, -0.25) is 0 Å². The van der Waals surface area contributed by atoms with Gasteiger partial charge in [-0.1, -0.05) is 30.3 Å². The van der Waals surface area contributed by atoms with Gasteiger partial charge in [0.15, 0.2) is 25.2 Å². The van der Waals surface area contributed by atoms with Gasteiger partial charge in [0.1, 0.15) is 0 Å². The highest BCUT2D eigenvalue weighted by Crippen LogP contribution is 2.32. The van der Waals surface area contributed by atoms with E-state index in [0.29, 0.717) is 19.4 Å². The highest BCUT2D eigenvalue weighted by Gasteiger charge is 2.39. The minimum Gasteiger partial charge on any atom is -0.390 e. The molecule has 9 nitrogen and oxygen atoms in total. The van der Waals surface area contributed by atoms with Crippen molar-refractivity contribution < 1.29 is 43.0 Å². The standard InChI is InChI=1S/C31H48O9/c1-19-24(32)10-14-29(34-19)38-26-12-16-31(36-21(26)3)40-27-13-17-30(37-22(27)4)39-25-11-15-28(35-20(25)2)33-18-23-8-6-5-7-9-23/h5-9,19-22,24-32H,10-18H2,1-4H3/t19-,20+,21+,22+,24-,25-,26-,27-,28+,29-,30-,31-/m1/s1. The Balaban J connectivity index is 0.992. The number of hydrogen-bond donors (Lipinski definition) is 1. The molecule has 4 saturated heterocycles. The molecule has 0 bridgehead atoms. The minimum atomic E-state index is -0.418. The molecule has 0 radical (unpaired) electrons. The molecule has 40 heavy (non-hydrogen) atoms. The van der Waals surface area contributed by atoms with Gasteiger partial charge < -0.3 is 43.0 Å². The van der Waals surface area contributed by atoms with Crippen molar-refractivity contribution in [2.24, 2.45) is 0 Å². The summed E-state index contributed by atoms with van der Waals surface area (Å²) in [6.07, 6.45) is 4.20. The molecule has 0 spiro atoms. The average Bonchev–Trinajstić information content (AvgIpc) is 2.94. The predicted molar refractivity (Wildman–Crippen MR) is 146 cm³/mol. The fourth-order valence-corrected chi connectivity index (χ4v) is 6.04. The SMILES string of the molecule is C[C@@H]1O[C@H](O[C@@H]2CC[C@@H](OCc3ccccc3)O[C@H]2C)CC[C@H]1O[C@@H]1CC[C@@H](O[C@@H]2CC[C@@H](O)[C@@H](C)O2)[C@H](C)O1. The van der Waals surface area contributed by atoms with Gasteiger partial charge in [0.2, 0.25) is 0 Å². The minimum absolute atomic E-state index is 0.0231. The van der Waals surface area contributed by atoms with Crippen molar-refractivity contribution in [1.29, 1.82) is 0 Å². The molecular weight excluding hydrogens is 516 g/mol. The molecule has 12 atom stereocenters. The number of benzene rings is 1. The van der Waals surface area contributed by atoms with Crippen LogP contribution < -0.4 is 0 Å². The van der Waals surface area contributed by atoms with Crippen molar-refractivity contribution in [3.05, 3.63) is 35.9 Å². The lowest BCUT2D eigenvalue weighted by Crippen LogP contribution is -2.48. The highest BCUT2D eigenvalue weighted by molar-refractivity contribution is 5.13. The van der Waals surface area contributed by atoms with Gasteiger partial charge in [-0.15, -0.1) is 0 Å². The van der Waals surface area contributed by atoms with Gasteiger partial charge in [-0.25, -0.2) is 0 Å². The van der Waals surface area contributed by atoms with Crippen LogP contribution in [0.2, 0.25) is 0 Å². The third-order valence-corrected chi connectivity index (χ3v) is 8.60. The number of hydrogen-bond acceptors (Lipinski definition) is 9. The summed E-state index contributed by atoms with van der Waals surface area (Å²) in [7, 11) is 0. The molecule has 226 valence electrons. The lowest BCUT2D eigenvalue weighted by molar-refractivity contribution is -0.313. The van der Waals surface area contributed by atoms with Crippen molar-refractivity contribution in [2.75, 3.05) is 0 Å². The number of aliphatic hydroxyl groups excluding tert-OH is 1. The zero-order chi connectivity index (χ0) is 28.1. The molecule has 9 heteroatoms. The van der Waals surface area contributed by atoms with Crippen LogP contribution in [0.15, 0.2) is 30.3 Å². The maximum atomic E-state index is 9.89. The molecule has 1 N–H and O–H groups in total. The smallest absolute Gasteiger partial charge is 0.158 e. The second kappa shape index (κ2) is 14.4. The lowest BCUT2D eigenvalue weighted by atomic mass is 10.0. The Bertz CT molecular complexity index is 887. The molecule has 1 aromatic rings. The molecule has 4 aliphatic heterocycles. The van der Waals surface area contributed by atoms with E-state index in [9.17, 15) is 5.11 Å². The van der Waals surface area contributed by atoms with Crippen LogP contribution in [0.3, 0.4) is 0 Å². The summed E-state index contributed by atoms with van der Waals surface area (Å²) in [4.78, 5) is 0. The summed E-state index contributed by atoms with van der Waals surface area (Å²) in [5, 5.41) is 9.89. The topological polar surface area (TPSA) is 94.1 Å². The maximum absolute atomic E-state index is 9.89. The predicted octanol–water partition coefficient (Wildman–Crippen LogP) is 4.82. The second-order valence-electron chi connectivity index (χ2n) is 11.8. The Morgan fingerprint density at radius 2 is 1.00 bits per heavy atom. The second-order valence-corrected chi connectivity index (χ2v) is 11.8. The van der Waals surface area contributed by atoms with Crippen molar-refractivity contribution >= 4 is 0 Å². The van der Waals surface area contributed by atoms with Crippen LogP contribution in [-0.2, 0) is 44.5 Å². The molecule has 4 aliphatic rings. The Morgan fingerprint density at radius 3 is 1.48 bits per heavy atom. The quantitative estimate of drug-likeness (QED) is 0.453. The molecule has 4 fully saturated rings. The van der Waals surface area contributed by atoms with Gasteiger partial charge in [0.05, 0.1) is 55.4 Å². The summed E-state index contributed by atoms with van der Waals surface area (Å²) in [5.74, 6) is 0. The number of ether oxygens (including phenoxy) is 8. The average molecular weight is 565 g/mol. The molecular formula is C31H48O9. The van der Waals surface area contributed by atoms with E-state index in [1.54, 1.807) is 0 Å². The molecule has 4 heterocycles. The van der Waals surface area contributed by atoms with Crippen LogP contribution in [0.4, 0.5) is 0 Å². The fraction of sp³-hybridized carbons (Fsp3) is 0.806. The van der Waals surface area contributed by atoms with E-state index >= 15 is 0 Å². The van der Waals surface area contributed by atoms with E-state index in [-0.39, 0.29) is 67.9 Å². The van der Waals surface area contributed by atoms with Crippen LogP contribution >= 0.6 is 0 Å². The molecule has 5 rings (SSSR count). The summed E-state index contributed by atoms with van der Waals surface area (Å²) < 4.78 is 49.2. The van der Waals surface area contributed by atoms with Crippen LogP contribution in [-0.4, -0.2) is 79.1 Å². The molecule has 0 unspecified atom stereocenters. The maximum Gasteiger partial charge on any atom is 0.158 e. The molecule has 0 aromatic heterocycles. The van der Waals surface area contributed by atoms with E-state index in [0.717, 1.165) is 44.1 Å². The largest absolute Gasteiger partial charge is 0.390 e. The lowest BCUT2D eigenvalue weighted by Gasteiger charge is -2.42. The molecule has 1 aromatic carbocycles. The molecule has 0 saturated carbocycles. The van der Waals surface area contributed by atoms with E-state index in [2.05, 4.69) is 12.1 Å². The van der Waals surface area contributed by atoms with Crippen molar-refractivity contribution in [1.82, 2.24) is 0 Å². The number of aliphatic hydroxyl groups is 1. The fourth-order valence-electron chi connectivity index (χ4n) is 6.04. The monoisotopic (exact) mass is 564 g/mol. The van der Waals surface area contributed by atoms with Crippen LogP contribution in [0.5, 0.6) is 0 Å². The van der Waals surface area contributed by atoms with Gasteiger partial charge in [-0.05, 0) is 58.9 Å². The Hall–Kier alpha value is -1.14. The Kier molecular flexibility index (Phi) is 10.9. The van der Waals surface area contributed by atoms with Gasteiger partial charge in [0, 0.05) is 25.7 Å². The van der Waals surface area contributed by atoms with Crippen LogP contribution in [0, 0.1) is 0 Å². The first kappa shape index (κ1) is 30.3.